The molecule has 0 saturated heterocycles. The summed E-state index contributed by atoms with van der Waals surface area (Å²) >= 11 is 0. The highest BCUT2D eigenvalue weighted by Crippen LogP contribution is 2.01. The summed E-state index contributed by atoms with van der Waals surface area (Å²) in [6.07, 6.45) is 1.14. The van der Waals surface area contributed by atoms with E-state index in [4.69, 9.17) is 47.1 Å². The van der Waals surface area contributed by atoms with Crippen molar-refractivity contribution in [1.29, 1.82) is 0 Å². The van der Waals surface area contributed by atoms with E-state index in [2.05, 4.69) is 33.5 Å². The van der Waals surface area contributed by atoms with Crippen molar-refractivity contribution in [2.45, 2.75) is 39.9 Å². The SMILES string of the molecule is CCC(C)COCCOCCOCCOCCOCCOCCOCCOCCOCCO[Si](C)(C)C. The molecule has 0 saturated carbocycles. The van der Waals surface area contributed by atoms with E-state index in [0.717, 1.165) is 13.0 Å². The molecule has 0 aromatic rings. The Balaban J connectivity index is 3.06. The Bertz CT molecular complexity index is 440. The van der Waals surface area contributed by atoms with Gasteiger partial charge in [0.05, 0.1) is 119 Å². The van der Waals surface area contributed by atoms with Crippen molar-refractivity contribution >= 4 is 8.32 Å². The van der Waals surface area contributed by atoms with Gasteiger partial charge in [0.15, 0.2) is 8.32 Å². The van der Waals surface area contributed by atoms with Gasteiger partial charge in [0.1, 0.15) is 0 Å². The molecule has 224 valence electrons. The van der Waals surface area contributed by atoms with E-state index in [-0.39, 0.29) is 0 Å². The molecule has 0 amide bonds. The summed E-state index contributed by atoms with van der Waals surface area (Å²) in [5, 5.41) is 0. The minimum Gasteiger partial charge on any atom is -0.415 e. The van der Waals surface area contributed by atoms with Gasteiger partial charge in [0.2, 0.25) is 0 Å². The van der Waals surface area contributed by atoms with Gasteiger partial charge in [-0.05, 0) is 25.6 Å². The van der Waals surface area contributed by atoms with Gasteiger partial charge in [-0.3, -0.25) is 0 Å². The summed E-state index contributed by atoms with van der Waals surface area (Å²) < 4.78 is 55.0. The van der Waals surface area contributed by atoms with Gasteiger partial charge in [-0.15, -0.1) is 0 Å². The molecule has 0 aliphatic rings. The van der Waals surface area contributed by atoms with Crippen LogP contribution in [0.3, 0.4) is 0 Å². The third-order valence-corrected chi connectivity index (χ3v) is 5.91. The molecule has 0 N–H and O–H groups in total. The summed E-state index contributed by atoms with van der Waals surface area (Å²) in [7, 11) is -1.44. The molecule has 0 bridgehead atoms. The monoisotopic (exact) mass is 556 g/mol. The van der Waals surface area contributed by atoms with Crippen LogP contribution < -0.4 is 0 Å². The minimum absolute atomic E-state index is 0.532. The van der Waals surface area contributed by atoms with Crippen LogP contribution in [0, 0.1) is 5.92 Å². The molecule has 37 heavy (non-hydrogen) atoms. The number of hydrogen-bond donors (Lipinski definition) is 0. The Hall–Kier alpha value is -0.183. The first-order valence-corrected chi connectivity index (χ1v) is 17.2. The highest BCUT2D eigenvalue weighted by Gasteiger charge is 2.13. The predicted octanol–water partition coefficient (Wildman–Crippen LogP) is 3.03. The summed E-state index contributed by atoms with van der Waals surface area (Å²) in [5.41, 5.74) is 0. The average Bonchev–Trinajstić information content (AvgIpc) is 2.86. The largest absolute Gasteiger partial charge is 0.415 e. The van der Waals surface area contributed by atoms with Crippen molar-refractivity contribution in [2.75, 3.05) is 126 Å². The minimum atomic E-state index is -1.44. The Kier molecular flexibility index (Phi) is 28.7. The summed E-state index contributed by atoms with van der Waals surface area (Å²) in [6.45, 7) is 21.8. The second kappa shape index (κ2) is 28.8. The van der Waals surface area contributed by atoms with E-state index in [1.807, 2.05) is 0 Å². The lowest BCUT2D eigenvalue weighted by molar-refractivity contribution is -0.0259. The van der Waals surface area contributed by atoms with Crippen LogP contribution in [-0.4, -0.2) is 134 Å². The maximum Gasteiger partial charge on any atom is 0.183 e. The standard InChI is InChI=1S/C26H56O10Si/c1-6-26(2)25-35-22-21-33-18-17-31-14-13-29-10-9-27-7-8-28-11-12-30-15-16-32-19-20-34-23-24-36-37(3,4)5/h26H,6-25H2,1-5H3. The number of rotatable bonds is 31. The van der Waals surface area contributed by atoms with Crippen molar-refractivity contribution in [2.24, 2.45) is 5.92 Å². The third kappa shape index (κ3) is 33.8. The lowest BCUT2D eigenvalue weighted by Gasteiger charge is -2.16. The summed E-state index contributed by atoms with van der Waals surface area (Å²) in [6, 6.07) is 0. The topological polar surface area (TPSA) is 92.3 Å². The number of hydrogen-bond acceptors (Lipinski definition) is 10. The zero-order chi connectivity index (χ0) is 27.3. The molecule has 0 heterocycles. The molecule has 0 aromatic carbocycles. The van der Waals surface area contributed by atoms with Crippen LogP contribution in [0.25, 0.3) is 0 Å². The van der Waals surface area contributed by atoms with E-state index in [1.54, 1.807) is 0 Å². The van der Waals surface area contributed by atoms with Gasteiger partial charge in [-0.2, -0.15) is 0 Å². The number of ether oxygens (including phenoxy) is 9. The summed E-state index contributed by atoms with van der Waals surface area (Å²) in [4.78, 5) is 0. The highest BCUT2D eigenvalue weighted by molar-refractivity contribution is 6.69. The Morgan fingerprint density at radius 1 is 0.405 bits per heavy atom. The maximum absolute atomic E-state index is 5.71. The highest BCUT2D eigenvalue weighted by atomic mass is 28.4. The fraction of sp³-hybridized carbons (Fsp3) is 1.00. The van der Waals surface area contributed by atoms with Crippen molar-refractivity contribution in [3.8, 4) is 0 Å². The molecule has 1 atom stereocenters. The van der Waals surface area contributed by atoms with Gasteiger partial charge < -0.3 is 47.1 Å². The smallest absolute Gasteiger partial charge is 0.183 e. The normalized spacial score (nSPS) is 12.9. The zero-order valence-electron chi connectivity index (χ0n) is 24.3. The molecule has 11 heteroatoms. The van der Waals surface area contributed by atoms with Gasteiger partial charge in [0, 0.05) is 6.61 Å². The lowest BCUT2D eigenvalue weighted by Crippen LogP contribution is -2.27. The summed E-state index contributed by atoms with van der Waals surface area (Å²) in [5.74, 6) is 0.603. The zero-order valence-corrected chi connectivity index (χ0v) is 25.3. The van der Waals surface area contributed by atoms with Crippen molar-refractivity contribution in [3.63, 3.8) is 0 Å². The second-order valence-corrected chi connectivity index (χ2v) is 14.0. The quantitative estimate of drug-likeness (QED) is 0.0937. The molecule has 10 nitrogen and oxygen atoms in total. The van der Waals surface area contributed by atoms with Crippen LogP contribution in [-0.2, 0) is 47.1 Å². The Morgan fingerprint density at radius 3 is 0.892 bits per heavy atom. The van der Waals surface area contributed by atoms with Crippen LogP contribution in [0.2, 0.25) is 19.6 Å². The average molecular weight is 557 g/mol. The molecule has 0 fully saturated rings. The van der Waals surface area contributed by atoms with Crippen molar-refractivity contribution < 1.29 is 47.1 Å². The molecule has 1 unspecified atom stereocenters. The van der Waals surface area contributed by atoms with E-state index in [1.165, 1.54) is 0 Å². The van der Waals surface area contributed by atoms with Gasteiger partial charge >= 0.3 is 0 Å². The molecule has 0 rings (SSSR count). The van der Waals surface area contributed by atoms with E-state index < -0.39 is 8.32 Å². The second-order valence-electron chi connectivity index (χ2n) is 9.45. The Labute approximate surface area is 227 Å². The molecule has 0 aliphatic heterocycles. The predicted molar refractivity (Wildman–Crippen MR) is 146 cm³/mol. The fourth-order valence-electron chi connectivity index (χ4n) is 2.57. The van der Waals surface area contributed by atoms with Crippen LogP contribution in [0.1, 0.15) is 20.3 Å². The first kappa shape index (κ1) is 36.8. The van der Waals surface area contributed by atoms with Gasteiger partial charge in [0.25, 0.3) is 0 Å². The van der Waals surface area contributed by atoms with Crippen LogP contribution in [0.15, 0.2) is 0 Å². The molecule has 0 spiro atoms. The maximum atomic E-state index is 5.71. The fourth-order valence-corrected chi connectivity index (χ4v) is 3.26. The van der Waals surface area contributed by atoms with Gasteiger partial charge in [-0.25, -0.2) is 0 Å². The molecular formula is C26H56O10Si. The molecular weight excluding hydrogens is 500 g/mol. The van der Waals surface area contributed by atoms with Crippen LogP contribution in [0.4, 0.5) is 0 Å². The van der Waals surface area contributed by atoms with E-state index in [0.29, 0.717) is 125 Å². The van der Waals surface area contributed by atoms with E-state index in [9.17, 15) is 0 Å². The van der Waals surface area contributed by atoms with E-state index >= 15 is 0 Å². The van der Waals surface area contributed by atoms with Crippen molar-refractivity contribution in [1.82, 2.24) is 0 Å². The molecule has 0 aliphatic carbocycles. The third-order valence-electron chi connectivity index (χ3n) is 4.84. The van der Waals surface area contributed by atoms with Crippen LogP contribution in [0.5, 0.6) is 0 Å². The van der Waals surface area contributed by atoms with Gasteiger partial charge in [-0.1, -0.05) is 20.3 Å². The Morgan fingerprint density at radius 2 is 0.649 bits per heavy atom. The first-order chi connectivity index (χ1) is 18.0. The van der Waals surface area contributed by atoms with Crippen molar-refractivity contribution in [3.05, 3.63) is 0 Å². The lowest BCUT2D eigenvalue weighted by atomic mass is 10.1. The first-order valence-electron chi connectivity index (χ1n) is 13.8. The molecule has 0 aromatic heterocycles. The molecule has 0 radical (unpaired) electrons. The van der Waals surface area contributed by atoms with Crippen LogP contribution >= 0.6 is 0 Å².